The SMILES string of the molecule is CCN(CC(C)C)C(=O)Cn1c(=O)c(C2CCCC2)cc2ccc(OC)cc21. The molecule has 3 rings (SSSR count). The predicted molar refractivity (Wildman–Crippen MR) is 113 cm³/mol. The minimum Gasteiger partial charge on any atom is -0.497 e. The first-order chi connectivity index (χ1) is 13.4. The first-order valence-electron chi connectivity index (χ1n) is 10.4. The summed E-state index contributed by atoms with van der Waals surface area (Å²) in [6.45, 7) is 7.61. The number of amides is 1. The number of fused-ring (bicyclic) bond motifs is 1. The van der Waals surface area contributed by atoms with Crippen molar-refractivity contribution in [1.29, 1.82) is 0 Å². The van der Waals surface area contributed by atoms with Gasteiger partial charge >= 0.3 is 0 Å². The molecule has 1 aromatic carbocycles. The molecular formula is C23H32N2O3. The van der Waals surface area contributed by atoms with Gasteiger partial charge in [-0.2, -0.15) is 0 Å². The van der Waals surface area contributed by atoms with Crippen LogP contribution < -0.4 is 10.3 Å². The van der Waals surface area contributed by atoms with Crippen molar-refractivity contribution >= 4 is 16.8 Å². The molecule has 0 unspecified atom stereocenters. The zero-order chi connectivity index (χ0) is 20.3. The Morgan fingerprint density at radius 1 is 1.25 bits per heavy atom. The van der Waals surface area contributed by atoms with Crippen LogP contribution in [-0.2, 0) is 11.3 Å². The lowest BCUT2D eigenvalue weighted by Crippen LogP contribution is -2.39. The molecule has 1 aliphatic rings. The van der Waals surface area contributed by atoms with E-state index in [0.29, 0.717) is 30.7 Å². The number of hydrogen-bond donors (Lipinski definition) is 0. The summed E-state index contributed by atoms with van der Waals surface area (Å²) in [5, 5.41) is 0.988. The minimum absolute atomic E-state index is 0.00834. The van der Waals surface area contributed by atoms with E-state index in [1.807, 2.05) is 36.1 Å². The van der Waals surface area contributed by atoms with Gasteiger partial charge in [0.05, 0.1) is 12.6 Å². The van der Waals surface area contributed by atoms with E-state index >= 15 is 0 Å². The number of methoxy groups -OCH3 is 1. The van der Waals surface area contributed by atoms with Gasteiger partial charge in [-0.1, -0.05) is 26.7 Å². The third kappa shape index (κ3) is 4.23. The molecule has 0 saturated heterocycles. The molecule has 0 bridgehead atoms. The molecule has 1 aliphatic carbocycles. The van der Waals surface area contributed by atoms with Crippen LogP contribution in [0.4, 0.5) is 0 Å². The summed E-state index contributed by atoms with van der Waals surface area (Å²) in [4.78, 5) is 28.2. The zero-order valence-corrected chi connectivity index (χ0v) is 17.5. The third-order valence-electron chi connectivity index (χ3n) is 5.74. The van der Waals surface area contributed by atoms with Gasteiger partial charge in [0.25, 0.3) is 5.56 Å². The van der Waals surface area contributed by atoms with E-state index < -0.39 is 0 Å². The summed E-state index contributed by atoms with van der Waals surface area (Å²) in [7, 11) is 1.61. The average molecular weight is 385 g/mol. The van der Waals surface area contributed by atoms with Gasteiger partial charge in [-0.05, 0) is 55.2 Å². The second-order valence-electron chi connectivity index (χ2n) is 8.22. The number of benzene rings is 1. The Morgan fingerprint density at radius 2 is 1.96 bits per heavy atom. The van der Waals surface area contributed by atoms with Gasteiger partial charge < -0.3 is 9.64 Å². The van der Waals surface area contributed by atoms with E-state index in [2.05, 4.69) is 13.8 Å². The highest BCUT2D eigenvalue weighted by Crippen LogP contribution is 2.34. The second-order valence-corrected chi connectivity index (χ2v) is 8.22. The summed E-state index contributed by atoms with van der Waals surface area (Å²) in [5.74, 6) is 1.38. The summed E-state index contributed by atoms with van der Waals surface area (Å²) in [6.07, 6.45) is 4.45. The Labute approximate surface area is 167 Å². The van der Waals surface area contributed by atoms with E-state index in [9.17, 15) is 9.59 Å². The van der Waals surface area contributed by atoms with Gasteiger partial charge in [0.15, 0.2) is 0 Å². The van der Waals surface area contributed by atoms with Crippen molar-refractivity contribution < 1.29 is 9.53 Å². The first-order valence-corrected chi connectivity index (χ1v) is 10.4. The number of rotatable bonds is 7. The van der Waals surface area contributed by atoms with Crippen molar-refractivity contribution in [2.24, 2.45) is 5.92 Å². The Bertz CT molecular complexity index is 895. The fourth-order valence-electron chi connectivity index (χ4n) is 4.27. The Hall–Kier alpha value is -2.30. The highest BCUT2D eigenvalue weighted by Gasteiger charge is 2.23. The summed E-state index contributed by atoms with van der Waals surface area (Å²) in [5.41, 5.74) is 1.59. The Kier molecular flexibility index (Phi) is 6.42. The topological polar surface area (TPSA) is 51.5 Å². The lowest BCUT2D eigenvalue weighted by atomic mass is 9.97. The number of ether oxygens (including phenoxy) is 1. The van der Waals surface area contributed by atoms with Gasteiger partial charge in [-0.15, -0.1) is 0 Å². The standard InChI is InChI=1S/C23H32N2O3/c1-5-24(14-16(2)3)22(26)15-25-21-13-19(28-4)11-10-18(21)12-20(23(25)27)17-8-6-7-9-17/h10-13,16-17H,5-9,14-15H2,1-4H3. The fourth-order valence-corrected chi connectivity index (χ4v) is 4.27. The highest BCUT2D eigenvalue weighted by molar-refractivity contribution is 5.84. The van der Waals surface area contributed by atoms with E-state index in [-0.39, 0.29) is 18.0 Å². The van der Waals surface area contributed by atoms with Gasteiger partial charge in [0.2, 0.25) is 5.91 Å². The number of carbonyl (C=O) groups is 1. The van der Waals surface area contributed by atoms with Crippen LogP contribution in [0.1, 0.15) is 57.9 Å². The maximum atomic E-state index is 13.4. The van der Waals surface area contributed by atoms with E-state index in [1.165, 1.54) is 12.8 Å². The molecule has 0 spiro atoms. The summed E-state index contributed by atoms with van der Waals surface area (Å²) < 4.78 is 7.03. The van der Waals surface area contributed by atoms with Gasteiger partial charge in [-0.3, -0.25) is 14.2 Å². The molecule has 28 heavy (non-hydrogen) atoms. The van der Waals surface area contributed by atoms with Crippen molar-refractivity contribution in [3.63, 3.8) is 0 Å². The molecule has 2 aromatic rings. The first kappa shape index (κ1) is 20.4. The monoisotopic (exact) mass is 384 g/mol. The van der Waals surface area contributed by atoms with Crippen LogP contribution in [0, 0.1) is 5.92 Å². The molecule has 1 amide bonds. The molecule has 0 N–H and O–H groups in total. The molecule has 0 aliphatic heterocycles. The Balaban J connectivity index is 2.08. The van der Waals surface area contributed by atoms with Crippen LogP contribution in [0.25, 0.3) is 10.9 Å². The maximum absolute atomic E-state index is 13.4. The van der Waals surface area contributed by atoms with Crippen molar-refractivity contribution in [1.82, 2.24) is 9.47 Å². The summed E-state index contributed by atoms with van der Waals surface area (Å²) in [6, 6.07) is 7.79. The van der Waals surface area contributed by atoms with Crippen LogP contribution in [-0.4, -0.2) is 35.6 Å². The van der Waals surface area contributed by atoms with Crippen LogP contribution in [0.2, 0.25) is 0 Å². The smallest absolute Gasteiger partial charge is 0.255 e. The van der Waals surface area contributed by atoms with Crippen LogP contribution >= 0.6 is 0 Å². The van der Waals surface area contributed by atoms with Gasteiger partial charge in [0, 0.05) is 24.7 Å². The number of pyridine rings is 1. The minimum atomic E-state index is -0.0263. The Morgan fingerprint density at radius 3 is 2.57 bits per heavy atom. The average Bonchev–Trinajstić information content (AvgIpc) is 3.21. The van der Waals surface area contributed by atoms with Crippen LogP contribution in [0.15, 0.2) is 29.1 Å². The van der Waals surface area contributed by atoms with E-state index in [4.69, 9.17) is 4.74 Å². The van der Waals surface area contributed by atoms with Gasteiger partial charge in [0.1, 0.15) is 12.3 Å². The molecule has 0 radical (unpaired) electrons. The molecule has 1 heterocycles. The normalized spacial score (nSPS) is 14.8. The lowest BCUT2D eigenvalue weighted by molar-refractivity contribution is -0.132. The predicted octanol–water partition coefficient (Wildman–Crippen LogP) is 4.17. The van der Waals surface area contributed by atoms with Crippen molar-refractivity contribution in [2.75, 3.05) is 20.2 Å². The number of hydrogen-bond acceptors (Lipinski definition) is 3. The third-order valence-corrected chi connectivity index (χ3v) is 5.74. The van der Waals surface area contributed by atoms with E-state index in [0.717, 1.165) is 29.3 Å². The number of carbonyl (C=O) groups excluding carboxylic acids is 1. The number of likely N-dealkylation sites (N-methyl/N-ethyl adjacent to an activating group) is 1. The van der Waals surface area contributed by atoms with Crippen LogP contribution in [0.3, 0.4) is 0 Å². The fraction of sp³-hybridized carbons (Fsp3) is 0.565. The molecule has 152 valence electrons. The van der Waals surface area contributed by atoms with Crippen molar-refractivity contribution in [3.05, 3.63) is 40.2 Å². The second kappa shape index (κ2) is 8.80. The van der Waals surface area contributed by atoms with E-state index in [1.54, 1.807) is 11.7 Å². The molecule has 5 nitrogen and oxygen atoms in total. The molecule has 1 aromatic heterocycles. The number of aromatic nitrogens is 1. The zero-order valence-electron chi connectivity index (χ0n) is 17.5. The maximum Gasteiger partial charge on any atom is 0.255 e. The summed E-state index contributed by atoms with van der Waals surface area (Å²) >= 11 is 0. The lowest BCUT2D eigenvalue weighted by Gasteiger charge is -2.24. The molecule has 1 fully saturated rings. The molecular weight excluding hydrogens is 352 g/mol. The van der Waals surface area contributed by atoms with Gasteiger partial charge in [-0.25, -0.2) is 0 Å². The van der Waals surface area contributed by atoms with Crippen LogP contribution in [0.5, 0.6) is 5.75 Å². The quantitative estimate of drug-likeness (QED) is 0.720. The molecule has 5 heteroatoms. The highest BCUT2D eigenvalue weighted by atomic mass is 16.5. The molecule has 1 saturated carbocycles. The van der Waals surface area contributed by atoms with Crippen molar-refractivity contribution in [3.8, 4) is 5.75 Å². The number of nitrogens with zero attached hydrogens (tertiary/aromatic N) is 2. The molecule has 0 atom stereocenters. The largest absolute Gasteiger partial charge is 0.497 e. The van der Waals surface area contributed by atoms with Crippen molar-refractivity contribution in [2.45, 2.75) is 58.9 Å².